The van der Waals surface area contributed by atoms with Crippen LogP contribution in [-0.4, -0.2) is 30.7 Å². The molecular weight excluding hydrogens is 204 g/mol. The number of rotatable bonds is 5. The fraction of sp³-hybridized carbons (Fsp3) is 0.750. The largest absolute Gasteiger partial charge is 0.376 e. The molecule has 0 heterocycles. The Morgan fingerprint density at radius 2 is 2.25 bits per heavy atom. The lowest BCUT2D eigenvalue weighted by Crippen LogP contribution is -2.64. The second-order valence-electron chi connectivity index (χ2n) is 4.19. The standard InChI is InChI=1S/C12H22N2O2/c1-4-6-8(3)12(15)14-11-9(13)7-10(11)16-5-2/h6,9-11H,4-5,7,13H2,1-3H3,(H,14,15). The van der Waals surface area contributed by atoms with Crippen LogP contribution >= 0.6 is 0 Å². The topological polar surface area (TPSA) is 64.4 Å². The summed E-state index contributed by atoms with van der Waals surface area (Å²) in [5, 5.41) is 2.93. The molecule has 1 fully saturated rings. The third kappa shape index (κ3) is 3.06. The van der Waals surface area contributed by atoms with Gasteiger partial charge in [0.2, 0.25) is 5.91 Å². The van der Waals surface area contributed by atoms with E-state index >= 15 is 0 Å². The Morgan fingerprint density at radius 1 is 1.56 bits per heavy atom. The summed E-state index contributed by atoms with van der Waals surface area (Å²) < 4.78 is 5.49. The Kier molecular flexibility index (Phi) is 4.96. The lowest BCUT2D eigenvalue weighted by Gasteiger charge is -2.42. The van der Waals surface area contributed by atoms with Crippen LogP contribution in [0.2, 0.25) is 0 Å². The van der Waals surface area contributed by atoms with Crippen molar-refractivity contribution in [2.75, 3.05) is 6.61 Å². The molecule has 0 aromatic heterocycles. The summed E-state index contributed by atoms with van der Waals surface area (Å²) >= 11 is 0. The van der Waals surface area contributed by atoms with Crippen LogP contribution in [0.1, 0.15) is 33.6 Å². The number of carbonyl (C=O) groups is 1. The van der Waals surface area contributed by atoms with Crippen LogP contribution in [0.4, 0.5) is 0 Å². The van der Waals surface area contributed by atoms with Gasteiger partial charge in [-0.05, 0) is 26.7 Å². The van der Waals surface area contributed by atoms with Gasteiger partial charge in [0.05, 0.1) is 12.1 Å². The molecule has 0 radical (unpaired) electrons. The number of carbonyl (C=O) groups excluding carboxylic acids is 1. The maximum Gasteiger partial charge on any atom is 0.246 e. The molecule has 1 aliphatic rings. The molecule has 0 aromatic rings. The second-order valence-corrected chi connectivity index (χ2v) is 4.19. The quantitative estimate of drug-likeness (QED) is 0.686. The Morgan fingerprint density at radius 3 is 2.75 bits per heavy atom. The molecule has 16 heavy (non-hydrogen) atoms. The van der Waals surface area contributed by atoms with Gasteiger partial charge in [-0.1, -0.05) is 13.0 Å². The molecule has 3 atom stereocenters. The molecule has 0 spiro atoms. The summed E-state index contributed by atoms with van der Waals surface area (Å²) in [6, 6.07) is -0.0115. The van der Waals surface area contributed by atoms with Crippen molar-refractivity contribution in [1.82, 2.24) is 5.32 Å². The van der Waals surface area contributed by atoms with Gasteiger partial charge in [0.25, 0.3) is 0 Å². The lowest BCUT2D eigenvalue weighted by molar-refractivity contribution is -0.122. The van der Waals surface area contributed by atoms with E-state index in [-0.39, 0.29) is 24.1 Å². The monoisotopic (exact) mass is 226 g/mol. The van der Waals surface area contributed by atoms with Gasteiger partial charge in [-0.25, -0.2) is 0 Å². The summed E-state index contributed by atoms with van der Waals surface area (Å²) in [6.45, 7) is 6.44. The van der Waals surface area contributed by atoms with Crippen LogP contribution in [0.15, 0.2) is 11.6 Å². The molecule has 1 aliphatic carbocycles. The van der Waals surface area contributed by atoms with Gasteiger partial charge in [-0.15, -0.1) is 0 Å². The Hall–Kier alpha value is -0.870. The molecule has 4 nitrogen and oxygen atoms in total. The Bertz CT molecular complexity index is 274. The Labute approximate surface area is 97.2 Å². The minimum absolute atomic E-state index is 0.0231. The molecular formula is C12H22N2O2. The number of hydrogen-bond acceptors (Lipinski definition) is 3. The lowest BCUT2D eigenvalue weighted by atomic mass is 9.83. The fourth-order valence-corrected chi connectivity index (χ4v) is 1.89. The average molecular weight is 226 g/mol. The minimum Gasteiger partial charge on any atom is -0.376 e. The molecule has 1 saturated carbocycles. The van der Waals surface area contributed by atoms with Gasteiger partial charge in [-0.2, -0.15) is 0 Å². The summed E-state index contributed by atoms with van der Waals surface area (Å²) in [5.74, 6) is -0.0355. The third-order valence-electron chi connectivity index (χ3n) is 2.91. The number of amides is 1. The van der Waals surface area contributed by atoms with Crippen molar-refractivity contribution < 1.29 is 9.53 Å². The average Bonchev–Trinajstić information content (AvgIpc) is 2.25. The van der Waals surface area contributed by atoms with Gasteiger partial charge in [0.1, 0.15) is 0 Å². The van der Waals surface area contributed by atoms with Gasteiger partial charge in [0.15, 0.2) is 0 Å². The van der Waals surface area contributed by atoms with Crippen LogP contribution in [-0.2, 0) is 9.53 Å². The number of ether oxygens (including phenoxy) is 1. The third-order valence-corrected chi connectivity index (χ3v) is 2.91. The number of nitrogens with one attached hydrogen (secondary N) is 1. The summed E-state index contributed by atoms with van der Waals surface area (Å²) in [6.07, 6.45) is 3.69. The normalized spacial score (nSPS) is 29.8. The first-order valence-electron chi connectivity index (χ1n) is 5.94. The molecule has 3 N–H and O–H groups in total. The van der Waals surface area contributed by atoms with E-state index < -0.39 is 0 Å². The zero-order valence-electron chi connectivity index (χ0n) is 10.3. The first-order chi connectivity index (χ1) is 7.60. The van der Waals surface area contributed by atoms with Crippen LogP contribution in [0.5, 0.6) is 0 Å². The first-order valence-corrected chi connectivity index (χ1v) is 5.94. The highest BCUT2D eigenvalue weighted by atomic mass is 16.5. The highest BCUT2D eigenvalue weighted by Crippen LogP contribution is 2.22. The van der Waals surface area contributed by atoms with Crippen LogP contribution in [0, 0.1) is 0 Å². The Balaban J connectivity index is 2.46. The maximum atomic E-state index is 11.7. The van der Waals surface area contributed by atoms with E-state index in [0.29, 0.717) is 6.61 Å². The first kappa shape index (κ1) is 13.2. The fourth-order valence-electron chi connectivity index (χ4n) is 1.89. The number of allylic oxidation sites excluding steroid dienone is 1. The highest BCUT2D eigenvalue weighted by molar-refractivity contribution is 5.93. The van der Waals surface area contributed by atoms with Crippen molar-refractivity contribution >= 4 is 5.91 Å². The van der Waals surface area contributed by atoms with Gasteiger partial charge >= 0.3 is 0 Å². The molecule has 3 unspecified atom stereocenters. The highest BCUT2D eigenvalue weighted by Gasteiger charge is 2.40. The van der Waals surface area contributed by atoms with E-state index in [0.717, 1.165) is 18.4 Å². The van der Waals surface area contributed by atoms with Crippen LogP contribution in [0.3, 0.4) is 0 Å². The van der Waals surface area contributed by atoms with Crippen molar-refractivity contribution in [1.29, 1.82) is 0 Å². The molecule has 1 rings (SSSR count). The van der Waals surface area contributed by atoms with Crippen molar-refractivity contribution in [2.45, 2.75) is 51.8 Å². The summed E-state index contributed by atoms with van der Waals surface area (Å²) in [7, 11) is 0. The maximum absolute atomic E-state index is 11.7. The van der Waals surface area contributed by atoms with Crippen molar-refractivity contribution in [3.8, 4) is 0 Å². The van der Waals surface area contributed by atoms with E-state index in [1.54, 1.807) is 0 Å². The van der Waals surface area contributed by atoms with E-state index in [1.165, 1.54) is 0 Å². The van der Waals surface area contributed by atoms with E-state index in [4.69, 9.17) is 10.5 Å². The smallest absolute Gasteiger partial charge is 0.246 e. The summed E-state index contributed by atoms with van der Waals surface area (Å²) in [4.78, 5) is 11.7. The van der Waals surface area contributed by atoms with Crippen molar-refractivity contribution in [3.05, 3.63) is 11.6 Å². The molecule has 1 amide bonds. The second kappa shape index (κ2) is 6.01. The molecule has 4 heteroatoms. The van der Waals surface area contributed by atoms with Crippen molar-refractivity contribution in [2.24, 2.45) is 5.73 Å². The zero-order chi connectivity index (χ0) is 12.1. The molecule has 0 aliphatic heterocycles. The van der Waals surface area contributed by atoms with Gasteiger partial charge < -0.3 is 15.8 Å². The van der Waals surface area contributed by atoms with E-state index in [9.17, 15) is 4.79 Å². The van der Waals surface area contributed by atoms with Crippen LogP contribution < -0.4 is 11.1 Å². The van der Waals surface area contributed by atoms with Gasteiger partial charge in [0, 0.05) is 18.2 Å². The SMILES string of the molecule is CCC=C(C)C(=O)NC1C(N)CC1OCC. The molecule has 0 bridgehead atoms. The predicted octanol–water partition coefficient (Wildman–Crippen LogP) is 0.964. The molecule has 0 aromatic carbocycles. The number of hydrogen-bond donors (Lipinski definition) is 2. The molecule has 0 saturated heterocycles. The zero-order valence-corrected chi connectivity index (χ0v) is 10.3. The minimum atomic E-state index is -0.0355. The predicted molar refractivity (Wildman–Crippen MR) is 64.0 cm³/mol. The summed E-state index contributed by atoms with van der Waals surface area (Å²) in [5.41, 5.74) is 6.60. The van der Waals surface area contributed by atoms with Gasteiger partial charge in [-0.3, -0.25) is 4.79 Å². The van der Waals surface area contributed by atoms with E-state index in [2.05, 4.69) is 5.32 Å². The van der Waals surface area contributed by atoms with Crippen LogP contribution in [0.25, 0.3) is 0 Å². The number of nitrogens with two attached hydrogens (primary N) is 1. The van der Waals surface area contributed by atoms with E-state index in [1.807, 2.05) is 26.8 Å². The molecule has 92 valence electrons. The van der Waals surface area contributed by atoms with Crippen molar-refractivity contribution in [3.63, 3.8) is 0 Å².